The number of carbonyl (C=O) groups excluding carboxylic acids is 4. The van der Waals surface area contributed by atoms with E-state index in [1.165, 1.54) is 11.8 Å². The molecule has 7 N–H and O–H groups in total. The summed E-state index contributed by atoms with van der Waals surface area (Å²) < 4.78 is 0. The van der Waals surface area contributed by atoms with Crippen LogP contribution in [0.15, 0.2) is 0 Å². The lowest BCUT2D eigenvalue weighted by Gasteiger charge is -2.27. The second kappa shape index (κ2) is 10.7. The first-order valence-corrected chi connectivity index (χ1v) is 9.61. The predicted molar refractivity (Wildman–Crippen MR) is 103 cm³/mol. The lowest BCUT2D eigenvalue weighted by atomic mass is 10.0. The Hall–Kier alpha value is -2.69. The van der Waals surface area contributed by atoms with Gasteiger partial charge in [0, 0.05) is 6.54 Å². The van der Waals surface area contributed by atoms with Crippen LogP contribution in [0.3, 0.4) is 0 Å². The van der Waals surface area contributed by atoms with E-state index >= 15 is 0 Å². The second-order valence-electron chi connectivity index (χ2n) is 7.73. The topological polar surface area (TPSA) is 185 Å². The van der Waals surface area contributed by atoms with Crippen molar-refractivity contribution in [2.45, 2.75) is 70.6 Å². The normalized spacial score (nSPS) is 19.3. The van der Waals surface area contributed by atoms with Crippen LogP contribution in [0.5, 0.6) is 0 Å². The number of nitrogens with zero attached hydrogens (tertiary/aromatic N) is 1. The van der Waals surface area contributed by atoms with Gasteiger partial charge in [-0.15, -0.1) is 0 Å². The van der Waals surface area contributed by atoms with Gasteiger partial charge in [0.15, 0.2) is 0 Å². The Morgan fingerprint density at radius 3 is 2.24 bits per heavy atom. The summed E-state index contributed by atoms with van der Waals surface area (Å²) in [6.07, 6.45) is 0.865. The van der Waals surface area contributed by atoms with Gasteiger partial charge in [0.05, 0.1) is 12.5 Å². The number of aliphatic carboxylic acids is 1. The summed E-state index contributed by atoms with van der Waals surface area (Å²) >= 11 is 0. The van der Waals surface area contributed by atoms with Crippen LogP contribution in [-0.4, -0.2) is 70.3 Å². The van der Waals surface area contributed by atoms with E-state index in [9.17, 15) is 29.1 Å². The van der Waals surface area contributed by atoms with Crippen LogP contribution in [0, 0.1) is 5.92 Å². The smallest absolute Gasteiger partial charge is 0.326 e. The van der Waals surface area contributed by atoms with E-state index in [0.29, 0.717) is 19.4 Å². The van der Waals surface area contributed by atoms with E-state index in [1.807, 2.05) is 13.8 Å². The van der Waals surface area contributed by atoms with Crippen molar-refractivity contribution in [2.24, 2.45) is 17.4 Å². The zero-order chi connectivity index (χ0) is 22.3. The Morgan fingerprint density at radius 1 is 1.10 bits per heavy atom. The third-order valence-corrected chi connectivity index (χ3v) is 4.65. The Bertz CT molecular complexity index is 653. The lowest BCUT2D eigenvalue weighted by molar-refractivity contribution is -0.149. The molecule has 0 aromatic rings. The van der Waals surface area contributed by atoms with Crippen LogP contribution < -0.4 is 22.1 Å². The maximum absolute atomic E-state index is 12.7. The van der Waals surface area contributed by atoms with Gasteiger partial charge in [0.2, 0.25) is 23.6 Å². The van der Waals surface area contributed by atoms with E-state index in [-0.39, 0.29) is 18.8 Å². The van der Waals surface area contributed by atoms with Crippen molar-refractivity contribution in [2.75, 3.05) is 6.54 Å². The van der Waals surface area contributed by atoms with Gasteiger partial charge in [0.25, 0.3) is 0 Å². The van der Waals surface area contributed by atoms with E-state index in [0.717, 1.165) is 0 Å². The average Bonchev–Trinajstić information content (AvgIpc) is 3.09. The largest absolute Gasteiger partial charge is 0.480 e. The van der Waals surface area contributed by atoms with Crippen molar-refractivity contribution >= 4 is 29.6 Å². The minimum atomic E-state index is -1.19. The standard InChI is InChI=1S/C18H31N5O6/c1-9(2)7-12(22-15(25)11(19)8-14(20)24)16(26)21-10(3)17(27)23-6-4-5-13(23)18(28)29/h9-13H,4-8,19H2,1-3H3,(H2,20,24)(H,21,26)(H,22,25)(H,28,29). The molecular weight excluding hydrogens is 382 g/mol. The van der Waals surface area contributed by atoms with Crippen molar-refractivity contribution in [3.8, 4) is 0 Å². The second-order valence-corrected chi connectivity index (χ2v) is 7.73. The van der Waals surface area contributed by atoms with Gasteiger partial charge in [-0.1, -0.05) is 13.8 Å². The van der Waals surface area contributed by atoms with Gasteiger partial charge in [-0.25, -0.2) is 4.79 Å². The summed E-state index contributed by atoms with van der Waals surface area (Å²) in [5.41, 5.74) is 10.6. The van der Waals surface area contributed by atoms with Crippen molar-refractivity contribution in [3.05, 3.63) is 0 Å². The third-order valence-electron chi connectivity index (χ3n) is 4.65. The molecule has 1 fully saturated rings. The maximum atomic E-state index is 12.7. The van der Waals surface area contributed by atoms with E-state index in [1.54, 1.807) is 0 Å². The molecule has 0 aliphatic carbocycles. The number of primary amides is 1. The zero-order valence-corrected chi connectivity index (χ0v) is 17.0. The van der Waals surface area contributed by atoms with Crippen LogP contribution in [0.25, 0.3) is 0 Å². The summed E-state index contributed by atoms with van der Waals surface area (Å²) in [7, 11) is 0. The van der Waals surface area contributed by atoms with Gasteiger partial charge in [0.1, 0.15) is 18.1 Å². The van der Waals surface area contributed by atoms with Crippen molar-refractivity contribution in [1.29, 1.82) is 0 Å². The molecule has 0 radical (unpaired) electrons. The highest BCUT2D eigenvalue weighted by atomic mass is 16.4. The molecule has 1 rings (SSSR count). The number of amides is 4. The quantitative estimate of drug-likeness (QED) is 0.282. The Kier molecular flexibility index (Phi) is 9.02. The molecule has 1 aliphatic rings. The SMILES string of the molecule is CC(C)CC(NC(=O)C(N)CC(N)=O)C(=O)NC(C)C(=O)N1CCCC1C(=O)O. The van der Waals surface area contributed by atoms with Crippen LogP contribution in [-0.2, 0) is 24.0 Å². The van der Waals surface area contributed by atoms with Gasteiger partial charge in [-0.3, -0.25) is 19.2 Å². The number of likely N-dealkylation sites (tertiary alicyclic amines) is 1. The molecule has 0 spiro atoms. The van der Waals surface area contributed by atoms with E-state index in [4.69, 9.17) is 11.5 Å². The highest BCUT2D eigenvalue weighted by Crippen LogP contribution is 2.18. The molecule has 4 unspecified atom stereocenters. The highest BCUT2D eigenvalue weighted by molar-refractivity contribution is 5.95. The Labute approximate surface area is 169 Å². The molecule has 4 amide bonds. The summed E-state index contributed by atoms with van der Waals surface area (Å²) in [6, 6.07) is -4.02. The van der Waals surface area contributed by atoms with Crippen molar-refractivity contribution in [3.63, 3.8) is 0 Å². The third kappa shape index (κ3) is 7.33. The molecular formula is C18H31N5O6. The first-order valence-electron chi connectivity index (χ1n) is 9.61. The molecule has 0 aromatic heterocycles. The fourth-order valence-electron chi connectivity index (χ4n) is 3.20. The molecule has 1 aliphatic heterocycles. The number of carboxylic acids is 1. The van der Waals surface area contributed by atoms with E-state index in [2.05, 4.69) is 10.6 Å². The molecule has 1 saturated heterocycles. The first-order chi connectivity index (χ1) is 13.4. The molecule has 4 atom stereocenters. The first kappa shape index (κ1) is 24.3. The zero-order valence-electron chi connectivity index (χ0n) is 17.0. The average molecular weight is 413 g/mol. The van der Waals surface area contributed by atoms with Crippen LogP contribution in [0.4, 0.5) is 0 Å². The lowest BCUT2D eigenvalue weighted by Crippen LogP contribution is -2.56. The van der Waals surface area contributed by atoms with Crippen LogP contribution in [0.2, 0.25) is 0 Å². The monoisotopic (exact) mass is 413 g/mol. The number of carbonyl (C=O) groups is 5. The minimum absolute atomic E-state index is 0.0411. The summed E-state index contributed by atoms with van der Waals surface area (Å²) in [6.45, 7) is 5.48. The molecule has 1 heterocycles. The fraction of sp³-hybridized carbons (Fsp3) is 0.722. The molecule has 0 saturated carbocycles. The Morgan fingerprint density at radius 2 is 1.72 bits per heavy atom. The predicted octanol–water partition coefficient (Wildman–Crippen LogP) is -1.70. The number of nitrogens with two attached hydrogens (primary N) is 2. The number of rotatable bonds is 10. The fourth-order valence-corrected chi connectivity index (χ4v) is 3.20. The molecule has 11 nitrogen and oxygen atoms in total. The summed E-state index contributed by atoms with van der Waals surface area (Å²) in [4.78, 5) is 60.8. The number of hydrogen-bond donors (Lipinski definition) is 5. The molecule has 164 valence electrons. The van der Waals surface area contributed by atoms with Crippen LogP contribution >= 0.6 is 0 Å². The number of carboxylic acid groups (broad SMARTS) is 1. The summed E-state index contributed by atoms with van der Waals surface area (Å²) in [5.74, 6) is -3.57. The van der Waals surface area contributed by atoms with Gasteiger partial charge < -0.3 is 32.1 Å². The Balaban J connectivity index is 2.78. The van der Waals surface area contributed by atoms with Gasteiger partial charge in [-0.2, -0.15) is 0 Å². The van der Waals surface area contributed by atoms with Gasteiger partial charge in [-0.05, 0) is 32.1 Å². The molecule has 0 aromatic carbocycles. The minimum Gasteiger partial charge on any atom is -0.480 e. The number of hydrogen-bond acceptors (Lipinski definition) is 6. The molecule has 0 bridgehead atoms. The van der Waals surface area contributed by atoms with Crippen molar-refractivity contribution in [1.82, 2.24) is 15.5 Å². The highest BCUT2D eigenvalue weighted by Gasteiger charge is 2.37. The van der Waals surface area contributed by atoms with Crippen molar-refractivity contribution < 1.29 is 29.1 Å². The summed E-state index contributed by atoms with van der Waals surface area (Å²) in [5, 5.41) is 14.3. The molecule has 29 heavy (non-hydrogen) atoms. The van der Waals surface area contributed by atoms with Crippen LogP contribution in [0.1, 0.15) is 46.5 Å². The number of nitrogens with one attached hydrogen (secondary N) is 2. The van der Waals surface area contributed by atoms with Gasteiger partial charge >= 0.3 is 5.97 Å². The van der Waals surface area contributed by atoms with E-state index < -0.39 is 53.8 Å². The molecule has 11 heteroatoms. The maximum Gasteiger partial charge on any atom is 0.326 e.